The van der Waals surface area contributed by atoms with E-state index < -0.39 is 0 Å². The smallest absolute Gasteiger partial charge is 0.132 e. The summed E-state index contributed by atoms with van der Waals surface area (Å²) in [5, 5.41) is 1.84. The molecule has 8 heteroatoms. The van der Waals surface area contributed by atoms with Gasteiger partial charge in [0.2, 0.25) is 0 Å². The van der Waals surface area contributed by atoms with Gasteiger partial charge in [0.05, 0.1) is 22.1 Å². The van der Waals surface area contributed by atoms with Crippen molar-refractivity contribution < 1.29 is 8.78 Å². The van der Waals surface area contributed by atoms with Crippen molar-refractivity contribution in [3.05, 3.63) is 93.2 Å². The topological polar surface area (TPSA) is 9.86 Å². The van der Waals surface area contributed by atoms with Gasteiger partial charge in [-0.05, 0) is 124 Å². The second-order valence-corrected chi connectivity index (χ2v) is 21.5. The third-order valence-electron chi connectivity index (χ3n) is 12.2. The number of thiophene rings is 4. The van der Waals surface area contributed by atoms with Crippen molar-refractivity contribution in [2.75, 3.05) is 0 Å². The number of halogens is 2. The molecule has 0 saturated heterocycles. The number of aryl methyl sites for hydroxylation is 6. The number of nitrogens with zero attached hydrogens (tertiary/aromatic N) is 2. The molecule has 0 saturated carbocycles. The van der Waals surface area contributed by atoms with Crippen LogP contribution in [0.25, 0.3) is 73.2 Å². The minimum Gasteiger partial charge on any atom is -0.339 e. The van der Waals surface area contributed by atoms with Gasteiger partial charge in [-0.1, -0.05) is 79.1 Å². The first-order chi connectivity index (χ1) is 29.2. The van der Waals surface area contributed by atoms with E-state index >= 15 is 8.78 Å². The summed E-state index contributed by atoms with van der Waals surface area (Å²) in [6.45, 7) is 14.8. The Balaban J connectivity index is 1.29. The summed E-state index contributed by atoms with van der Waals surface area (Å²) in [5.41, 5.74) is 8.12. The Morgan fingerprint density at radius 3 is 1.23 bits per heavy atom. The number of hydrogen-bond donors (Lipinski definition) is 0. The lowest BCUT2D eigenvalue weighted by Crippen LogP contribution is -1.99. The second kappa shape index (κ2) is 19.2. The van der Waals surface area contributed by atoms with Crippen LogP contribution in [-0.2, 0) is 25.9 Å². The van der Waals surface area contributed by atoms with Crippen molar-refractivity contribution in [1.82, 2.24) is 9.13 Å². The molecule has 6 heterocycles. The van der Waals surface area contributed by atoms with Crippen molar-refractivity contribution in [3.8, 4) is 40.4 Å². The van der Waals surface area contributed by atoms with Gasteiger partial charge in [-0.3, -0.25) is 0 Å². The fourth-order valence-corrected chi connectivity index (χ4v) is 13.5. The van der Waals surface area contributed by atoms with E-state index in [0.717, 1.165) is 107 Å². The Morgan fingerprint density at radius 1 is 0.450 bits per heavy atom. The molecule has 0 aliphatic rings. The summed E-state index contributed by atoms with van der Waals surface area (Å²) >= 11 is 7.12. The first kappa shape index (κ1) is 43.1. The van der Waals surface area contributed by atoms with Crippen LogP contribution in [0.5, 0.6) is 0 Å². The SMILES string of the molecule is CCCCCCc1cc(-c2cc3c(cc2F)c2c(c4cc(F)c(-c5cc(CCCCCC)c(-c6ccc(C)s6)s5)cc4n2CCCC)n3CCCC)sc1-c1ccc(C)s1. The molecule has 0 spiro atoms. The minimum atomic E-state index is -0.190. The third-order valence-corrected chi connectivity index (χ3v) is 17.0. The summed E-state index contributed by atoms with van der Waals surface area (Å²) in [6, 6.07) is 21.2. The molecule has 2 nitrogen and oxygen atoms in total. The Kier molecular flexibility index (Phi) is 13.8. The molecular formula is C52H60F2N2S4. The van der Waals surface area contributed by atoms with Crippen LogP contribution in [0.15, 0.2) is 60.7 Å². The lowest BCUT2D eigenvalue weighted by atomic mass is 10.0. The quantitative estimate of drug-likeness (QED) is 0.0675. The summed E-state index contributed by atoms with van der Waals surface area (Å²) in [7, 11) is 0. The van der Waals surface area contributed by atoms with Crippen LogP contribution < -0.4 is 0 Å². The standard InChI is InChI=1S/C52H60F2N2S4/c1-7-11-15-17-19-35-27-47(59-51(35)45-23-21-33(5)57-45)37-31-43-39(29-41(37)53)49-50(55(43)25-13-9-3)40-30-42(54)38(32-44(40)56(49)26-14-10-4)48-28-36(20-18-16-12-8-2)52(60-48)46-24-22-34(6)58-46/h21-24,27-32H,7-20,25-26H2,1-6H3. The molecule has 2 aromatic carbocycles. The lowest BCUT2D eigenvalue weighted by Gasteiger charge is -2.11. The predicted molar refractivity (Wildman–Crippen MR) is 263 cm³/mol. The van der Waals surface area contributed by atoms with Crippen molar-refractivity contribution in [1.29, 1.82) is 0 Å². The van der Waals surface area contributed by atoms with Crippen molar-refractivity contribution in [2.24, 2.45) is 0 Å². The lowest BCUT2D eigenvalue weighted by molar-refractivity contribution is 0.632. The second-order valence-electron chi connectivity index (χ2n) is 16.8. The van der Waals surface area contributed by atoms with Gasteiger partial charge in [0.25, 0.3) is 0 Å². The highest BCUT2D eigenvalue weighted by Gasteiger charge is 2.26. The molecule has 0 aliphatic heterocycles. The molecule has 0 amide bonds. The fourth-order valence-electron chi connectivity index (χ4n) is 8.98. The molecule has 0 N–H and O–H groups in total. The van der Waals surface area contributed by atoms with E-state index in [1.54, 1.807) is 34.8 Å². The number of aromatic nitrogens is 2. The van der Waals surface area contributed by atoms with E-state index in [9.17, 15) is 0 Å². The Hall–Kier alpha value is -3.56. The average Bonchev–Trinajstić information content (AvgIpc) is 4.10. The zero-order chi connectivity index (χ0) is 41.9. The maximum absolute atomic E-state index is 16.9. The first-order valence-electron chi connectivity index (χ1n) is 22.6. The molecule has 316 valence electrons. The van der Waals surface area contributed by atoms with Crippen LogP contribution in [0.3, 0.4) is 0 Å². The van der Waals surface area contributed by atoms with E-state index in [1.165, 1.54) is 78.9 Å². The van der Waals surface area contributed by atoms with Crippen LogP contribution in [0.2, 0.25) is 0 Å². The molecule has 0 bridgehead atoms. The number of unbranched alkanes of at least 4 members (excludes halogenated alkanes) is 8. The monoisotopic (exact) mass is 878 g/mol. The van der Waals surface area contributed by atoms with Gasteiger partial charge in [0.15, 0.2) is 0 Å². The molecule has 8 rings (SSSR count). The zero-order valence-electron chi connectivity index (χ0n) is 36.4. The molecule has 6 aromatic heterocycles. The van der Waals surface area contributed by atoms with Crippen LogP contribution in [-0.4, -0.2) is 9.13 Å². The number of hydrogen-bond acceptors (Lipinski definition) is 4. The zero-order valence-corrected chi connectivity index (χ0v) is 39.6. The molecule has 0 atom stereocenters. The van der Waals surface area contributed by atoms with E-state index in [1.807, 2.05) is 22.7 Å². The van der Waals surface area contributed by atoms with Gasteiger partial charge in [0, 0.05) is 74.0 Å². The normalized spacial score (nSPS) is 12.1. The van der Waals surface area contributed by atoms with Crippen molar-refractivity contribution in [3.63, 3.8) is 0 Å². The maximum Gasteiger partial charge on any atom is 0.132 e. The van der Waals surface area contributed by atoms with Gasteiger partial charge in [-0.15, -0.1) is 45.3 Å². The Bertz CT molecular complexity index is 2540. The van der Waals surface area contributed by atoms with Gasteiger partial charge in [-0.25, -0.2) is 8.78 Å². The number of benzene rings is 2. The largest absolute Gasteiger partial charge is 0.339 e. The van der Waals surface area contributed by atoms with Crippen molar-refractivity contribution in [2.45, 2.75) is 145 Å². The highest BCUT2D eigenvalue weighted by Crippen LogP contribution is 2.47. The first-order valence-corrected chi connectivity index (χ1v) is 25.9. The Labute approximate surface area is 371 Å². The highest BCUT2D eigenvalue weighted by molar-refractivity contribution is 7.24. The summed E-state index contributed by atoms with van der Waals surface area (Å²) in [6.07, 6.45) is 15.6. The van der Waals surface area contributed by atoms with Gasteiger partial charge < -0.3 is 9.13 Å². The predicted octanol–water partition coefficient (Wildman–Crippen LogP) is 18.4. The molecule has 0 aliphatic carbocycles. The third kappa shape index (κ3) is 8.60. The maximum atomic E-state index is 16.9. The van der Waals surface area contributed by atoms with E-state index in [2.05, 4.69) is 99.2 Å². The van der Waals surface area contributed by atoms with E-state index in [0.29, 0.717) is 11.1 Å². The molecule has 8 aromatic rings. The molecule has 0 unspecified atom stereocenters. The van der Waals surface area contributed by atoms with Crippen LogP contribution in [0.1, 0.15) is 126 Å². The number of rotatable bonds is 20. The van der Waals surface area contributed by atoms with Crippen LogP contribution in [0.4, 0.5) is 8.78 Å². The van der Waals surface area contributed by atoms with Crippen molar-refractivity contribution >= 4 is 78.2 Å². The van der Waals surface area contributed by atoms with Crippen LogP contribution in [0, 0.1) is 25.5 Å². The summed E-state index contributed by atoms with van der Waals surface area (Å²) < 4.78 is 38.6. The molecule has 0 radical (unpaired) electrons. The van der Waals surface area contributed by atoms with Gasteiger partial charge in [0.1, 0.15) is 11.6 Å². The van der Waals surface area contributed by atoms with E-state index in [4.69, 9.17) is 0 Å². The summed E-state index contributed by atoms with van der Waals surface area (Å²) in [4.78, 5) is 9.66. The summed E-state index contributed by atoms with van der Waals surface area (Å²) in [5.74, 6) is -0.379. The van der Waals surface area contributed by atoms with Gasteiger partial charge in [-0.2, -0.15) is 0 Å². The minimum absolute atomic E-state index is 0.190. The van der Waals surface area contributed by atoms with Crippen LogP contribution >= 0.6 is 45.3 Å². The highest BCUT2D eigenvalue weighted by atomic mass is 32.1. The molecular weight excluding hydrogens is 819 g/mol. The molecule has 0 fully saturated rings. The molecule has 60 heavy (non-hydrogen) atoms. The van der Waals surface area contributed by atoms with E-state index in [-0.39, 0.29) is 11.6 Å². The van der Waals surface area contributed by atoms with Gasteiger partial charge >= 0.3 is 0 Å². The average molecular weight is 879 g/mol. The fraction of sp³-hybridized carbons (Fsp3) is 0.423. The number of fused-ring (bicyclic) bond motifs is 5. The Morgan fingerprint density at radius 2 is 0.867 bits per heavy atom.